The van der Waals surface area contributed by atoms with Crippen molar-refractivity contribution in [3.05, 3.63) is 76.4 Å². The molecular formula is C18H14FN5O5. The smallest absolute Gasteiger partial charge is 0.374 e. The fraction of sp³-hybridized carbons (Fsp3) is 0.0556. The summed E-state index contributed by atoms with van der Waals surface area (Å²) in [6.45, 7) is 0. The molecule has 0 spiro atoms. The molecule has 29 heavy (non-hydrogen) atoms. The Morgan fingerprint density at radius 3 is 2.34 bits per heavy atom. The van der Waals surface area contributed by atoms with Crippen molar-refractivity contribution in [3.8, 4) is 17.4 Å². The quantitative estimate of drug-likeness (QED) is 0.458. The summed E-state index contributed by atoms with van der Waals surface area (Å²) in [5, 5.41) is 11.5. The molecule has 148 valence electrons. The molecule has 1 heterocycles. The van der Waals surface area contributed by atoms with E-state index < -0.39 is 22.3 Å². The van der Waals surface area contributed by atoms with Gasteiger partial charge in [0.2, 0.25) is 5.82 Å². The molecule has 11 heteroatoms. The highest BCUT2D eigenvalue weighted by atomic mass is 19.1. The van der Waals surface area contributed by atoms with E-state index in [9.17, 15) is 19.3 Å². The van der Waals surface area contributed by atoms with Crippen molar-refractivity contribution in [1.29, 1.82) is 0 Å². The van der Waals surface area contributed by atoms with E-state index in [1.165, 1.54) is 19.2 Å². The average Bonchev–Trinajstić information content (AvgIpc) is 2.73. The number of hydrazine groups is 1. The van der Waals surface area contributed by atoms with Crippen LogP contribution < -0.4 is 20.3 Å². The van der Waals surface area contributed by atoms with Gasteiger partial charge in [-0.05, 0) is 48.5 Å². The normalized spacial score (nSPS) is 10.1. The third-order valence-corrected chi connectivity index (χ3v) is 3.65. The number of carbonyl (C=O) groups is 1. The van der Waals surface area contributed by atoms with Gasteiger partial charge < -0.3 is 9.47 Å². The van der Waals surface area contributed by atoms with Crippen LogP contribution in [0.1, 0.15) is 10.4 Å². The first-order chi connectivity index (χ1) is 14.0. The molecule has 0 bridgehead atoms. The average molecular weight is 399 g/mol. The minimum atomic E-state index is -0.745. The predicted molar refractivity (Wildman–Crippen MR) is 99.2 cm³/mol. The lowest BCUT2D eigenvalue weighted by Crippen LogP contribution is -2.30. The number of nitrogens with zero attached hydrogens (tertiary/aromatic N) is 3. The molecule has 0 unspecified atom stereocenters. The number of aromatic nitrogens is 2. The molecule has 10 nitrogen and oxygen atoms in total. The minimum absolute atomic E-state index is 0.144. The molecule has 0 saturated carbocycles. The zero-order chi connectivity index (χ0) is 20.8. The van der Waals surface area contributed by atoms with E-state index in [0.717, 1.165) is 18.5 Å². The number of benzene rings is 2. The lowest BCUT2D eigenvalue weighted by Gasteiger charge is -2.10. The second-order valence-electron chi connectivity index (χ2n) is 5.50. The van der Waals surface area contributed by atoms with E-state index in [4.69, 9.17) is 9.47 Å². The SMILES string of the molecule is COc1ccc(Oc2ncnc(NNC(=O)c3ccc(F)cc3)c2[N+](=O)[O-])cc1. The molecule has 2 aromatic carbocycles. The Labute approximate surface area is 163 Å². The molecule has 0 aliphatic carbocycles. The molecule has 0 radical (unpaired) electrons. The van der Waals surface area contributed by atoms with E-state index in [1.807, 2.05) is 0 Å². The number of methoxy groups -OCH3 is 1. The molecule has 1 aromatic heterocycles. The number of nitro groups is 1. The van der Waals surface area contributed by atoms with E-state index in [-0.39, 0.29) is 23.0 Å². The van der Waals surface area contributed by atoms with Gasteiger partial charge >= 0.3 is 11.6 Å². The summed E-state index contributed by atoms with van der Waals surface area (Å²) in [4.78, 5) is 30.4. The summed E-state index contributed by atoms with van der Waals surface area (Å²) in [6, 6.07) is 11.1. The lowest BCUT2D eigenvalue weighted by atomic mass is 10.2. The van der Waals surface area contributed by atoms with E-state index in [0.29, 0.717) is 5.75 Å². The van der Waals surface area contributed by atoms with Crippen molar-refractivity contribution in [1.82, 2.24) is 15.4 Å². The van der Waals surface area contributed by atoms with Crippen LogP contribution in [0.25, 0.3) is 0 Å². The molecule has 0 saturated heterocycles. The fourth-order valence-corrected chi connectivity index (χ4v) is 2.24. The number of carbonyl (C=O) groups excluding carboxylic acids is 1. The van der Waals surface area contributed by atoms with Crippen molar-refractivity contribution in [2.24, 2.45) is 0 Å². The van der Waals surface area contributed by atoms with Gasteiger partial charge in [0.25, 0.3) is 5.91 Å². The van der Waals surface area contributed by atoms with Gasteiger partial charge in [-0.25, -0.2) is 9.37 Å². The minimum Gasteiger partial charge on any atom is -0.497 e. The molecule has 3 aromatic rings. The number of hydrogen-bond acceptors (Lipinski definition) is 8. The van der Waals surface area contributed by atoms with Crippen molar-refractivity contribution in [2.75, 3.05) is 12.5 Å². The van der Waals surface area contributed by atoms with Gasteiger partial charge in [0.15, 0.2) is 0 Å². The Morgan fingerprint density at radius 1 is 1.07 bits per heavy atom. The summed E-state index contributed by atoms with van der Waals surface area (Å²) < 4.78 is 23.5. The van der Waals surface area contributed by atoms with Gasteiger partial charge in [-0.3, -0.25) is 25.8 Å². The maximum absolute atomic E-state index is 12.9. The highest BCUT2D eigenvalue weighted by Crippen LogP contribution is 2.34. The first-order valence-electron chi connectivity index (χ1n) is 8.11. The summed E-state index contributed by atoms with van der Waals surface area (Å²) in [5.74, 6) is -0.885. The number of anilines is 1. The first-order valence-corrected chi connectivity index (χ1v) is 8.11. The molecule has 2 N–H and O–H groups in total. The van der Waals surface area contributed by atoms with Gasteiger partial charge in [-0.2, -0.15) is 4.98 Å². The molecule has 1 amide bonds. The Morgan fingerprint density at radius 2 is 1.72 bits per heavy atom. The number of ether oxygens (including phenoxy) is 2. The highest BCUT2D eigenvalue weighted by Gasteiger charge is 2.25. The predicted octanol–water partition coefficient (Wildman–Crippen LogP) is 3.08. The zero-order valence-electron chi connectivity index (χ0n) is 15.0. The number of nitrogens with one attached hydrogen (secondary N) is 2. The van der Waals surface area contributed by atoms with Crippen LogP contribution in [-0.4, -0.2) is 27.9 Å². The van der Waals surface area contributed by atoms with Crippen molar-refractivity contribution in [2.45, 2.75) is 0 Å². The molecule has 3 rings (SSSR count). The summed E-state index contributed by atoms with van der Waals surface area (Å²) >= 11 is 0. The van der Waals surface area contributed by atoms with Gasteiger partial charge in [0, 0.05) is 5.56 Å². The van der Waals surface area contributed by atoms with E-state index >= 15 is 0 Å². The van der Waals surface area contributed by atoms with Crippen molar-refractivity contribution in [3.63, 3.8) is 0 Å². The van der Waals surface area contributed by atoms with Crippen LogP contribution in [0.3, 0.4) is 0 Å². The Balaban J connectivity index is 1.79. The van der Waals surface area contributed by atoms with Crippen LogP contribution in [0.5, 0.6) is 17.4 Å². The standard InChI is InChI=1S/C18H14FN5O5/c1-28-13-6-8-14(9-7-13)29-18-15(24(26)27)16(20-10-21-18)22-23-17(25)11-2-4-12(19)5-3-11/h2-10H,1H3,(H,23,25)(H,20,21,22). The Bertz CT molecular complexity index is 1030. The summed E-state index contributed by atoms with van der Waals surface area (Å²) in [5.41, 5.74) is 4.19. The number of halogens is 1. The lowest BCUT2D eigenvalue weighted by molar-refractivity contribution is -0.385. The fourth-order valence-electron chi connectivity index (χ4n) is 2.24. The van der Waals surface area contributed by atoms with Gasteiger partial charge in [0.1, 0.15) is 23.6 Å². The molecular weight excluding hydrogens is 385 g/mol. The topological polar surface area (TPSA) is 129 Å². The number of hydrogen-bond donors (Lipinski definition) is 2. The van der Waals surface area contributed by atoms with Crippen LogP contribution in [0.4, 0.5) is 15.9 Å². The maximum Gasteiger partial charge on any atom is 0.374 e. The van der Waals surface area contributed by atoms with Gasteiger partial charge in [-0.1, -0.05) is 0 Å². The summed E-state index contributed by atoms with van der Waals surface area (Å²) in [6.07, 6.45) is 1.04. The zero-order valence-corrected chi connectivity index (χ0v) is 15.0. The van der Waals surface area contributed by atoms with Crippen LogP contribution in [-0.2, 0) is 0 Å². The second kappa shape index (κ2) is 8.61. The van der Waals surface area contributed by atoms with Gasteiger partial charge in [-0.15, -0.1) is 0 Å². The largest absolute Gasteiger partial charge is 0.497 e. The molecule has 0 atom stereocenters. The van der Waals surface area contributed by atoms with Crippen LogP contribution in [0.15, 0.2) is 54.9 Å². The van der Waals surface area contributed by atoms with E-state index in [1.54, 1.807) is 24.3 Å². The third-order valence-electron chi connectivity index (χ3n) is 3.65. The highest BCUT2D eigenvalue weighted by molar-refractivity contribution is 5.94. The number of rotatable bonds is 7. The van der Waals surface area contributed by atoms with Crippen molar-refractivity contribution >= 4 is 17.4 Å². The number of amides is 1. The van der Waals surface area contributed by atoms with Crippen LogP contribution in [0.2, 0.25) is 0 Å². The monoisotopic (exact) mass is 399 g/mol. The van der Waals surface area contributed by atoms with Crippen molar-refractivity contribution < 1.29 is 23.6 Å². The third kappa shape index (κ3) is 4.71. The van der Waals surface area contributed by atoms with Gasteiger partial charge in [0.05, 0.1) is 12.0 Å². The second-order valence-corrected chi connectivity index (χ2v) is 5.50. The molecule has 0 fully saturated rings. The molecule has 0 aliphatic rings. The Hall–Kier alpha value is -4.28. The molecule has 0 aliphatic heterocycles. The van der Waals surface area contributed by atoms with E-state index in [2.05, 4.69) is 20.8 Å². The first kappa shape index (κ1) is 19.5. The maximum atomic E-state index is 12.9. The Kier molecular flexibility index (Phi) is 5.78. The van der Waals surface area contributed by atoms with Crippen LogP contribution >= 0.6 is 0 Å². The summed E-state index contributed by atoms with van der Waals surface area (Å²) in [7, 11) is 1.50. The van der Waals surface area contributed by atoms with Crippen LogP contribution in [0, 0.1) is 15.9 Å².